The standard InChI is InChI=1S/C41H40O4/c42-39(44-29-15-3-1-4-16-29)41(40(43)45-30-17-5-2-6-18-30,37-23-11-21-33-31-19-9-7-13-27(31)25-35(33)37)38-24-12-22-34-32-20-10-8-14-28(32)26-36(34)38/h7-14,19-24,29-30H,1-6,15-18,25-26H2. The molecular formula is C41H40O4. The molecule has 4 nitrogen and oxygen atoms in total. The average molecular weight is 597 g/mol. The molecule has 2 saturated carbocycles. The molecule has 0 unspecified atom stereocenters. The Labute approximate surface area is 265 Å². The second kappa shape index (κ2) is 11.6. The second-order valence-electron chi connectivity index (χ2n) is 13.4. The summed E-state index contributed by atoms with van der Waals surface area (Å²) in [5.74, 6) is -0.965. The first-order valence-corrected chi connectivity index (χ1v) is 17.0. The van der Waals surface area contributed by atoms with E-state index in [0.717, 1.165) is 97.6 Å². The van der Waals surface area contributed by atoms with Gasteiger partial charge in [-0.2, -0.15) is 0 Å². The van der Waals surface area contributed by atoms with Crippen molar-refractivity contribution in [1.82, 2.24) is 0 Å². The molecule has 0 aromatic heterocycles. The van der Waals surface area contributed by atoms with Gasteiger partial charge in [0.05, 0.1) is 0 Å². The van der Waals surface area contributed by atoms with Gasteiger partial charge in [0.25, 0.3) is 0 Å². The normalized spacial score (nSPS) is 17.6. The summed E-state index contributed by atoms with van der Waals surface area (Å²) in [7, 11) is 0. The summed E-state index contributed by atoms with van der Waals surface area (Å²) in [5, 5.41) is 0. The number of esters is 2. The lowest BCUT2D eigenvalue weighted by molar-refractivity contribution is -0.170. The fourth-order valence-corrected chi connectivity index (χ4v) is 8.53. The van der Waals surface area contributed by atoms with Crippen LogP contribution in [0, 0.1) is 0 Å². The molecule has 228 valence electrons. The number of benzene rings is 4. The Morgan fingerprint density at radius 1 is 0.489 bits per heavy atom. The van der Waals surface area contributed by atoms with Gasteiger partial charge in [0.2, 0.25) is 5.41 Å². The van der Waals surface area contributed by atoms with E-state index in [0.29, 0.717) is 24.0 Å². The van der Waals surface area contributed by atoms with Gasteiger partial charge in [0, 0.05) is 0 Å². The molecule has 0 N–H and O–H groups in total. The zero-order valence-corrected chi connectivity index (χ0v) is 25.9. The molecule has 0 atom stereocenters. The van der Waals surface area contributed by atoms with E-state index < -0.39 is 17.4 Å². The fraction of sp³-hybridized carbons (Fsp3) is 0.366. The van der Waals surface area contributed by atoms with E-state index in [2.05, 4.69) is 60.7 Å². The number of fused-ring (bicyclic) bond motifs is 6. The Hall–Kier alpha value is -4.18. The first-order valence-electron chi connectivity index (χ1n) is 17.0. The zero-order chi connectivity index (χ0) is 30.4. The van der Waals surface area contributed by atoms with E-state index in [4.69, 9.17) is 9.47 Å². The largest absolute Gasteiger partial charge is 0.461 e. The number of rotatable bonds is 6. The molecule has 4 aromatic rings. The van der Waals surface area contributed by atoms with E-state index in [1.165, 1.54) is 11.1 Å². The molecule has 0 radical (unpaired) electrons. The third kappa shape index (κ3) is 4.72. The highest BCUT2D eigenvalue weighted by molar-refractivity contribution is 6.12. The Bertz CT molecular complexity index is 1640. The topological polar surface area (TPSA) is 52.6 Å². The number of carbonyl (C=O) groups excluding carboxylic acids is 2. The van der Waals surface area contributed by atoms with Gasteiger partial charge in [-0.3, -0.25) is 9.59 Å². The van der Waals surface area contributed by atoms with Crippen LogP contribution in [-0.4, -0.2) is 24.1 Å². The van der Waals surface area contributed by atoms with E-state index in [1.54, 1.807) is 0 Å². The van der Waals surface area contributed by atoms with Gasteiger partial charge in [-0.25, -0.2) is 0 Å². The Balaban J connectivity index is 1.37. The van der Waals surface area contributed by atoms with Crippen LogP contribution in [0.4, 0.5) is 0 Å². The molecular weight excluding hydrogens is 556 g/mol. The molecule has 4 aliphatic rings. The highest BCUT2D eigenvalue weighted by Crippen LogP contribution is 2.50. The minimum atomic E-state index is -1.74. The van der Waals surface area contributed by atoms with Crippen LogP contribution in [0.1, 0.15) is 97.6 Å². The van der Waals surface area contributed by atoms with Crippen molar-refractivity contribution < 1.29 is 19.1 Å². The minimum absolute atomic E-state index is 0.198. The van der Waals surface area contributed by atoms with Gasteiger partial charge in [-0.15, -0.1) is 0 Å². The van der Waals surface area contributed by atoms with Gasteiger partial charge < -0.3 is 9.47 Å². The molecule has 2 fully saturated rings. The van der Waals surface area contributed by atoms with Crippen molar-refractivity contribution >= 4 is 11.9 Å². The molecule has 0 spiro atoms. The predicted octanol–water partition coefficient (Wildman–Crippen LogP) is 8.87. The number of hydrogen-bond acceptors (Lipinski definition) is 4. The first-order chi connectivity index (χ1) is 22.1. The van der Waals surface area contributed by atoms with Crippen molar-refractivity contribution in [2.75, 3.05) is 0 Å². The predicted molar refractivity (Wildman–Crippen MR) is 176 cm³/mol. The molecule has 45 heavy (non-hydrogen) atoms. The highest BCUT2D eigenvalue weighted by Gasteiger charge is 2.56. The summed E-state index contributed by atoms with van der Waals surface area (Å²) < 4.78 is 13.0. The maximum atomic E-state index is 15.2. The van der Waals surface area contributed by atoms with Gasteiger partial charge in [-0.1, -0.05) is 97.8 Å². The minimum Gasteiger partial charge on any atom is -0.461 e. The maximum Gasteiger partial charge on any atom is 0.332 e. The fourth-order valence-electron chi connectivity index (χ4n) is 8.53. The molecule has 0 heterocycles. The van der Waals surface area contributed by atoms with Gasteiger partial charge in [-0.05, 0) is 120 Å². The van der Waals surface area contributed by atoms with Crippen LogP contribution in [0.15, 0.2) is 84.9 Å². The van der Waals surface area contributed by atoms with Crippen LogP contribution in [0.25, 0.3) is 22.3 Å². The van der Waals surface area contributed by atoms with Crippen LogP contribution in [-0.2, 0) is 37.3 Å². The Morgan fingerprint density at radius 3 is 1.33 bits per heavy atom. The molecule has 4 aliphatic carbocycles. The van der Waals surface area contributed by atoms with Crippen molar-refractivity contribution in [3.8, 4) is 22.3 Å². The van der Waals surface area contributed by atoms with Crippen molar-refractivity contribution in [2.45, 2.75) is 94.7 Å². The molecule has 8 rings (SSSR count). The lowest BCUT2D eigenvalue weighted by atomic mass is 9.69. The van der Waals surface area contributed by atoms with Gasteiger partial charge >= 0.3 is 11.9 Å². The maximum absolute atomic E-state index is 15.2. The van der Waals surface area contributed by atoms with Crippen LogP contribution in [0.2, 0.25) is 0 Å². The van der Waals surface area contributed by atoms with Crippen LogP contribution in [0.5, 0.6) is 0 Å². The Morgan fingerprint density at radius 2 is 0.889 bits per heavy atom. The summed E-state index contributed by atoms with van der Waals surface area (Å²) >= 11 is 0. The van der Waals surface area contributed by atoms with E-state index in [-0.39, 0.29) is 12.2 Å². The highest BCUT2D eigenvalue weighted by atomic mass is 16.6. The summed E-state index contributed by atoms with van der Waals surface area (Å²) in [6.45, 7) is 0. The van der Waals surface area contributed by atoms with Gasteiger partial charge in [0.1, 0.15) is 12.2 Å². The van der Waals surface area contributed by atoms with E-state index in [9.17, 15) is 0 Å². The molecule has 0 saturated heterocycles. The van der Waals surface area contributed by atoms with Crippen molar-refractivity contribution in [1.29, 1.82) is 0 Å². The molecule has 0 bridgehead atoms. The average Bonchev–Trinajstić information content (AvgIpc) is 3.65. The first kappa shape index (κ1) is 28.3. The van der Waals surface area contributed by atoms with Gasteiger partial charge in [0.15, 0.2) is 0 Å². The van der Waals surface area contributed by atoms with Crippen molar-refractivity contribution in [2.24, 2.45) is 0 Å². The number of ether oxygens (including phenoxy) is 2. The van der Waals surface area contributed by atoms with Crippen LogP contribution >= 0.6 is 0 Å². The molecule has 0 amide bonds. The van der Waals surface area contributed by atoms with E-state index >= 15 is 9.59 Å². The van der Waals surface area contributed by atoms with Crippen LogP contribution in [0.3, 0.4) is 0 Å². The van der Waals surface area contributed by atoms with Crippen LogP contribution < -0.4 is 0 Å². The quantitative estimate of drug-likeness (QED) is 0.142. The molecule has 4 aromatic carbocycles. The number of carbonyl (C=O) groups is 2. The molecule has 0 aliphatic heterocycles. The van der Waals surface area contributed by atoms with Crippen molar-refractivity contribution in [3.63, 3.8) is 0 Å². The lowest BCUT2D eigenvalue weighted by Gasteiger charge is -2.37. The monoisotopic (exact) mass is 596 g/mol. The number of hydrogen-bond donors (Lipinski definition) is 0. The smallest absolute Gasteiger partial charge is 0.332 e. The third-order valence-corrected chi connectivity index (χ3v) is 10.8. The second-order valence-corrected chi connectivity index (χ2v) is 13.4. The Kier molecular flexibility index (Phi) is 7.32. The third-order valence-electron chi connectivity index (χ3n) is 10.8. The molecule has 4 heteroatoms. The summed E-state index contributed by atoms with van der Waals surface area (Å²) in [4.78, 5) is 30.5. The summed E-state index contributed by atoms with van der Waals surface area (Å²) in [5.41, 5.74) is 8.63. The zero-order valence-electron chi connectivity index (χ0n) is 25.9. The van der Waals surface area contributed by atoms with Crippen molar-refractivity contribution in [3.05, 3.63) is 118 Å². The van der Waals surface area contributed by atoms with E-state index in [1.807, 2.05) is 24.3 Å². The summed E-state index contributed by atoms with van der Waals surface area (Å²) in [6.07, 6.45) is 10.7. The summed E-state index contributed by atoms with van der Waals surface area (Å²) in [6, 6.07) is 29.1. The lowest BCUT2D eigenvalue weighted by Crippen LogP contribution is -2.50. The SMILES string of the molecule is O=C(OC1CCCCC1)C(C(=O)OC1CCCCC1)(c1cccc2c1Cc1ccccc1-2)c1cccc2c1Cc1ccccc1-2.